The van der Waals surface area contributed by atoms with Crippen LogP contribution in [0.4, 0.5) is 13.2 Å². The lowest BCUT2D eigenvalue weighted by Crippen LogP contribution is -2.47. The number of aromatic nitrogens is 1. The largest absolute Gasteiger partial charge is 0.483 e. The maximum Gasteiger partial charge on any atom is 0.274 e. The highest BCUT2D eigenvalue weighted by molar-refractivity contribution is 5.99. The number of rotatable bonds is 6. The van der Waals surface area contributed by atoms with Crippen LogP contribution in [0.25, 0.3) is 0 Å². The number of amides is 2. The van der Waals surface area contributed by atoms with E-state index in [0.29, 0.717) is 31.1 Å². The van der Waals surface area contributed by atoms with E-state index in [2.05, 4.69) is 5.32 Å². The zero-order chi connectivity index (χ0) is 27.3. The molecule has 6 rings (SSSR count). The lowest BCUT2D eigenvalue weighted by Gasteiger charge is -2.38. The summed E-state index contributed by atoms with van der Waals surface area (Å²) in [7, 11) is 0. The fraction of sp³-hybridized carbons (Fsp3) is 0.345. The third-order valence-corrected chi connectivity index (χ3v) is 8.05. The third-order valence-electron chi connectivity index (χ3n) is 8.05. The Morgan fingerprint density at radius 3 is 2.51 bits per heavy atom. The minimum Gasteiger partial charge on any atom is -0.483 e. The Labute approximate surface area is 222 Å². The highest BCUT2D eigenvalue weighted by Gasteiger charge is 2.45. The number of hydrogen-bond acceptors (Lipinski definition) is 4. The summed E-state index contributed by atoms with van der Waals surface area (Å²) in [5, 5.41) is 2.37. The van der Waals surface area contributed by atoms with Crippen LogP contribution in [0.1, 0.15) is 57.3 Å². The van der Waals surface area contributed by atoms with E-state index >= 15 is 0 Å². The summed E-state index contributed by atoms with van der Waals surface area (Å²) in [6.07, 6.45) is 4.32. The molecule has 1 saturated carbocycles. The molecule has 3 atom stereocenters. The van der Waals surface area contributed by atoms with Crippen LogP contribution in [0.15, 0.2) is 53.5 Å². The van der Waals surface area contributed by atoms with E-state index < -0.39 is 40.9 Å². The van der Waals surface area contributed by atoms with Crippen LogP contribution < -0.4 is 15.5 Å². The average Bonchev–Trinajstić information content (AvgIpc) is 3.29. The monoisotopic (exact) mass is 537 g/mol. The molecule has 2 amide bonds. The number of hydrogen-bond donors (Lipinski definition) is 1. The van der Waals surface area contributed by atoms with Gasteiger partial charge in [0.15, 0.2) is 11.4 Å². The number of benzene rings is 2. The molecule has 1 aliphatic carbocycles. The number of pyridine rings is 1. The molecule has 10 heteroatoms. The van der Waals surface area contributed by atoms with Crippen molar-refractivity contribution in [3.8, 4) is 5.75 Å². The van der Waals surface area contributed by atoms with E-state index in [-0.39, 0.29) is 41.5 Å². The summed E-state index contributed by atoms with van der Waals surface area (Å²) >= 11 is 0. The molecule has 1 aromatic heterocycles. The molecule has 2 aliphatic heterocycles. The van der Waals surface area contributed by atoms with Gasteiger partial charge in [-0.2, -0.15) is 0 Å². The summed E-state index contributed by atoms with van der Waals surface area (Å²) < 4.78 is 49.2. The van der Waals surface area contributed by atoms with Gasteiger partial charge in [-0.3, -0.25) is 14.4 Å². The Balaban J connectivity index is 1.40. The van der Waals surface area contributed by atoms with Gasteiger partial charge < -0.3 is 19.5 Å². The van der Waals surface area contributed by atoms with Gasteiger partial charge in [-0.15, -0.1) is 0 Å². The molecule has 0 radical (unpaired) electrons. The van der Waals surface area contributed by atoms with Crippen molar-refractivity contribution in [2.75, 3.05) is 13.1 Å². The molecular formula is C29H26F3N3O4. The normalized spacial score (nSPS) is 21.4. The van der Waals surface area contributed by atoms with Crippen LogP contribution in [0.3, 0.4) is 0 Å². The Morgan fingerprint density at radius 2 is 1.77 bits per heavy atom. The number of nitrogens with zero attached hydrogens (tertiary/aromatic N) is 2. The van der Waals surface area contributed by atoms with Crippen LogP contribution in [0.2, 0.25) is 0 Å². The summed E-state index contributed by atoms with van der Waals surface area (Å²) in [5.74, 6) is -4.13. The molecule has 7 nitrogen and oxygen atoms in total. The lowest BCUT2D eigenvalue weighted by molar-refractivity contribution is 0.0620. The van der Waals surface area contributed by atoms with Gasteiger partial charge in [0.25, 0.3) is 11.8 Å². The fourth-order valence-electron chi connectivity index (χ4n) is 6.13. The molecule has 2 fully saturated rings. The maximum atomic E-state index is 14.1. The van der Waals surface area contributed by atoms with Gasteiger partial charge in [0.1, 0.15) is 29.6 Å². The van der Waals surface area contributed by atoms with Gasteiger partial charge in [-0.05, 0) is 36.7 Å². The van der Waals surface area contributed by atoms with Crippen molar-refractivity contribution in [2.45, 2.75) is 38.5 Å². The zero-order valence-electron chi connectivity index (χ0n) is 21.0. The molecular weight excluding hydrogens is 511 g/mol. The first-order valence-corrected chi connectivity index (χ1v) is 13.0. The second-order valence-electron chi connectivity index (χ2n) is 10.5. The van der Waals surface area contributed by atoms with Crippen molar-refractivity contribution >= 4 is 11.8 Å². The summed E-state index contributed by atoms with van der Waals surface area (Å²) in [4.78, 5) is 42.2. The van der Waals surface area contributed by atoms with Crippen molar-refractivity contribution in [2.24, 2.45) is 11.8 Å². The van der Waals surface area contributed by atoms with Gasteiger partial charge in [0, 0.05) is 43.5 Å². The van der Waals surface area contributed by atoms with Gasteiger partial charge in [-0.1, -0.05) is 30.3 Å². The number of ether oxygens (including phenoxy) is 1. The van der Waals surface area contributed by atoms with E-state index in [9.17, 15) is 27.6 Å². The van der Waals surface area contributed by atoms with Gasteiger partial charge in [0.05, 0.1) is 6.04 Å². The van der Waals surface area contributed by atoms with Crippen LogP contribution in [-0.2, 0) is 13.2 Å². The molecule has 4 bridgehead atoms. The van der Waals surface area contributed by atoms with Crippen LogP contribution in [0.5, 0.6) is 5.75 Å². The second kappa shape index (κ2) is 9.91. The van der Waals surface area contributed by atoms with Crippen molar-refractivity contribution in [1.82, 2.24) is 14.8 Å². The standard InChI is InChI=1S/C29H26F3N3O4/c30-19-9-22(31)20(23(32)10-19)11-33-28(37)21-13-35-24-14-34(12-17-6-7-18(24)8-17)29(38)25(35)27(26(21)36)39-15-16-4-2-1-3-5-16/h1-5,9-10,13,17-18,24H,6-8,11-12,14-15H2,(H,33,37)/t17-,18+,24+/m0/s1. The van der Waals surface area contributed by atoms with Crippen LogP contribution in [0, 0.1) is 29.3 Å². The van der Waals surface area contributed by atoms with E-state index in [1.165, 1.54) is 6.20 Å². The molecule has 202 valence electrons. The van der Waals surface area contributed by atoms with Crippen molar-refractivity contribution in [1.29, 1.82) is 0 Å². The summed E-state index contributed by atoms with van der Waals surface area (Å²) in [6.45, 7) is 0.499. The molecule has 39 heavy (non-hydrogen) atoms. The Hall–Kier alpha value is -4.08. The number of nitrogens with one attached hydrogen (secondary N) is 1. The Kier molecular flexibility index (Phi) is 6.40. The first-order chi connectivity index (χ1) is 18.8. The number of carbonyl (C=O) groups is 2. The number of carbonyl (C=O) groups excluding carboxylic acids is 2. The molecule has 1 N–H and O–H groups in total. The van der Waals surface area contributed by atoms with E-state index in [1.807, 2.05) is 30.3 Å². The highest BCUT2D eigenvalue weighted by atomic mass is 19.1. The predicted octanol–water partition coefficient (Wildman–Crippen LogP) is 4.20. The number of fused-ring (bicyclic) bond motifs is 7. The van der Waals surface area contributed by atoms with Crippen molar-refractivity contribution in [3.63, 3.8) is 0 Å². The van der Waals surface area contributed by atoms with Crippen LogP contribution >= 0.6 is 0 Å². The molecule has 3 aliphatic rings. The molecule has 0 unspecified atom stereocenters. The fourth-order valence-corrected chi connectivity index (χ4v) is 6.13. The average molecular weight is 538 g/mol. The quantitative estimate of drug-likeness (QED) is 0.511. The van der Waals surface area contributed by atoms with Gasteiger partial charge in [0.2, 0.25) is 5.43 Å². The Morgan fingerprint density at radius 1 is 1.03 bits per heavy atom. The molecule has 3 heterocycles. The molecule has 1 saturated heterocycles. The highest BCUT2D eigenvalue weighted by Crippen LogP contribution is 2.45. The summed E-state index contributed by atoms with van der Waals surface area (Å²) in [5.41, 5.74) is -0.729. The smallest absolute Gasteiger partial charge is 0.274 e. The minimum atomic E-state index is -1.15. The molecule has 3 aromatic rings. The van der Waals surface area contributed by atoms with Crippen LogP contribution in [-0.4, -0.2) is 34.4 Å². The number of halogens is 3. The van der Waals surface area contributed by atoms with E-state index in [0.717, 1.165) is 24.8 Å². The van der Waals surface area contributed by atoms with Crippen molar-refractivity contribution < 1.29 is 27.5 Å². The van der Waals surface area contributed by atoms with E-state index in [1.54, 1.807) is 9.47 Å². The van der Waals surface area contributed by atoms with Gasteiger partial charge in [-0.25, -0.2) is 13.2 Å². The first-order valence-electron chi connectivity index (χ1n) is 13.0. The first kappa shape index (κ1) is 25.2. The summed E-state index contributed by atoms with van der Waals surface area (Å²) in [6, 6.07) is 10.0. The predicted molar refractivity (Wildman–Crippen MR) is 135 cm³/mol. The third kappa shape index (κ3) is 4.57. The molecule has 0 spiro atoms. The van der Waals surface area contributed by atoms with Crippen molar-refractivity contribution in [3.05, 3.63) is 98.7 Å². The van der Waals surface area contributed by atoms with Gasteiger partial charge >= 0.3 is 0 Å². The van der Waals surface area contributed by atoms with E-state index in [4.69, 9.17) is 4.74 Å². The lowest BCUT2D eigenvalue weighted by atomic mass is 9.95. The Bertz CT molecular complexity index is 1500. The second-order valence-corrected chi connectivity index (χ2v) is 10.5. The minimum absolute atomic E-state index is 0.00412. The SMILES string of the molecule is O=C(NCc1c(F)cc(F)cc1F)c1cn2c(c(OCc3ccccc3)c1=O)C(=O)N1C[C@H]3CC[C@H](C3)[C@H]2C1. The topological polar surface area (TPSA) is 80.6 Å². The molecule has 2 aromatic carbocycles. The maximum absolute atomic E-state index is 14.1. The zero-order valence-corrected chi connectivity index (χ0v) is 21.0.